The van der Waals surface area contributed by atoms with Crippen LogP contribution >= 0.6 is 0 Å². The van der Waals surface area contributed by atoms with Crippen molar-refractivity contribution >= 4 is 11.4 Å². The van der Waals surface area contributed by atoms with Crippen LogP contribution in [0.25, 0.3) is 16.8 Å². The smallest absolute Gasteiger partial charge is 0.277 e. The van der Waals surface area contributed by atoms with Crippen LogP contribution in [0.5, 0.6) is 0 Å². The summed E-state index contributed by atoms with van der Waals surface area (Å²) >= 11 is 0. The molecule has 3 aromatic rings. The Morgan fingerprint density at radius 1 is 1.30 bits per heavy atom. The molecular weight excluding hydrogens is 351 g/mol. The van der Waals surface area contributed by atoms with Gasteiger partial charge in [0.05, 0.1) is 12.3 Å². The minimum absolute atomic E-state index is 0.0185. The van der Waals surface area contributed by atoms with Gasteiger partial charge in [-0.15, -0.1) is 0 Å². The maximum absolute atomic E-state index is 13.2. The molecule has 2 N–H and O–H groups in total. The number of aromatic nitrogens is 3. The van der Waals surface area contributed by atoms with E-state index in [2.05, 4.69) is 10.4 Å². The van der Waals surface area contributed by atoms with Gasteiger partial charge in [0.25, 0.3) is 5.56 Å². The highest BCUT2D eigenvalue weighted by molar-refractivity contribution is 5.76. The number of fused-ring (bicyclic) bond motifs is 1. The molecule has 3 rings (SSSR count). The van der Waals surface area contributed by atoms with E-state index in [-0.39, 0.29) is 29.8 Å². The van der Waals surface area contributed by atoms with Crippen LogP contribution in [0.4, 0.5) is 4.39 Å². The summed E-state index contributed by atoms with van der Waals surface area (Å²) in [6, 6.07) is 5.67. The lowest BCUT2D eigenvalue weighted by molar-refractivity contribution is -0.122. The number of rotatable bonds is 6. The van der Waals surface area contributed by atoms with Gasteiger partial charge in [-0.25, -0.2) is 8.91 Å². The first-order valence-corrected chi connectivity index (χ1v) is 8.71. The quantitative estimate of drug-likeness (QED) is 0.689. The number of hydrogen-bond donors (Lipinski definition) is 2. The molecule has 27 heavy (non-hydrogen) atoms. The number of nitrogens with zero attached hydrogens (tertiary/aromatic N) is 3. The van der Waals surface area contributed by atoms with E-state index in [0.29, 0.717) is 16.8 Å². The second-order valence-electron chi connectivity index (χ2n) is 6.39. The van der Waals surface area contributed by atoms with Crippen LogP contribution in [-0.2, 0) is 17.9 Å². The lowest BCUT2D eigenvalue weighted by atomic mass is 10.1. The Morgan fingerprint density at radius 2 is 2.00 bits per heavy atom. The van der Waals surface area contributed by atoms with E-state index in [9.17, 15) is 19.1 Å². The zero-order valence-electron chi connectivity index (χ0n) is 15.1. The SMILES string of the molecule is CC[C@@H](C)NC(=O)Cn1ccn2nc(-c3ccc(F)cc3)c(CO)c2c1=O. The monoisotopic (exact) mass is 372 g/mol. The topological polar surface area (TPSA) is 88.6 Å². The molecule has 0 saturated carbocycles. The van der Waals surface area contributed by atoms with E-state index in [4.69, 9.17) is 0 Å². The Hall–Kier alpha value is -3.00. The first-order valence-electron chi connectivity index (χ1n) is 8.71. The molecule has 1 amide bonds. The van der Waals surface area contributed by atoms with Gasteiger partial charge in [-0.2, -0.15) is 5.10 Å². The third-order valence-electron chi connectivity index (χ3n) is 4.47. The maximum Gasteiger partial charge on any atom is 0.277 e. The Bertz CT molecular complexity index is 1020. The number of hydrogen-bond acceptors (Lipinski definition) is 4. The van der Waals surface area contributed by atoms with Crippen molar-refractivity contribution in [3.8, 4) is 11.3 Å². The number of benzene rings is 1. The summed E-state index contributed by atoms with van der Waals surface area (Å²) in [5.74, 6) is -0.651. The van der Waals surface area contributed by atoms with Gasteiger partial charge in [0, 0.05) is 29.6 Å². The summed E-state index contributed by atoms with van der Waals surface area (Å²) in [5, 5.41) is 17.0. The lowest BCUT2D eigenvalue weighted by Crippen LogP contribution is -2.37. The third kappa shape index (κ3) is 3.75. The average Bonchev–Trinajstić information content (AvgIpc) is 3.03. The molecule has 0 aliphatic carbocycles. The number of carbonyl (C=O) groups excluding carboxylic acids is 1. The lowest BCUT2D eigenvalue weighted by Gasteiger charge is -2.12. The van der Waals surface area contributed by atoms with E-state index in [1.807, 2.05) is 13.8 Å². The van der Waals surface area contributed by atoms with Crippen molar-refractivity contribution in [3.05, 3.63) is 58.4 Å². The summed E-state index contributed by atoms with van der Waals surface area (Å²) in [4.78, 5) is 25.0. The van der Waals surface area contributed by atoms with Gasteiger partial charge in [0.15, 0.2) is 0 Å². The highest BCUT2D eigenvalue weighted by Crippen LogP contribution is 2.25. The highest BCUT2D eigenvalue weighted by Gasteiger charge is 2.18. The van der Waals surface area contributed by atoms with Gasteiger partial charge >= 0.3 is 0 Å². The summed E-state index contributed by atoms with van der Waals surface area (Å²) in [5.41, 5.74) is 1.08. The molecular formula is C19H21FN4O3. The van der Waals surface area contributed by atoms with Crippen LogP contribution in [0.2, 0.25) is 0 Å². The van der Waals surface area contributed by atoms with E-state index in [0.717, 1.165) is 6.42 Å². The minimum atomic E-state index is -0.429. The van der Waals surface area contributed by atoms with Crippen LogP contribution in [0.1, 0.15) is 25.8 Å². The summed E-state index contributed by atoms with van der Waals surface area (Å²) in [6.45, 7) is 3.32. The number of halogens is 1. The molecule has 2 aromatic heterocycles. The largest absolute Gasteiger partial charge is 0.392 e. The summed E-state index contributed by atoms with van der Waals surface area (Å²) in [6.07, 6.45) is 3.82. The molecule has 0 unspecified atom stereocenters. The zero-order valence-corrected chi connectivity index (χ0v) is 15.1. The van der Waals surface area contributed by atoms with Gasteiger partial charge in [0.2, 0.25) is 5.91 Å². The minimum Gasteiger partial charge on any atom is -0.392 e. The van der Waals surface area contributed by atoms with Crippen molar-refractivity contribution in [2.24, 2.45) is 0 Å². The molecule has 0 fully saturated rings. The molecule has 0 radical (unpaired) electrons. The summed E-state index contributed by atoms with van der Waals surface area (Å²) < 4.78 is 15.8. The third-order valence-corrected chi connectivity index (χ3v) is 4.47. The van der Waals surface area contributed by atoms with Crippen molar-refractivity contribution in [1.29, 1.82) is 0 Å². The van der Waals surface area contributed by atoms with Crippen LogP contribution in [-0.4, -0.2) is 31.2 Å². The first kappa shape index (κ1) is 18.8. The van der Waals surface area contributed by atoms with Crippen molar-refractivity contribution < 1.29 is 14.3 Å². The predicted molar refractivity (Wildman–Crippen MR) is 98.7 cm³/mol. The van der Waals surface area contributed by atoms with E-state index >= 15 is 0 Å². The van der Waals surface area contributed by atoms with Crippen LogP contribution in [0, 0.1) is 5.82 Å². The molecule has 2 heterocycles. The van der Waals surface area contributed by atoms with E-state index in [1.165, 1.54) is 39.5 Å². The fourth-order valence-corrected chi connectivity index (χ4v) is 2.84. The molecule has 0 bridgehead atoms. The number of aliphatic hydroxyl groups excluding tert-OH is 1. The fourth-order valence-electron chi connectivity index (χ4n) is 2.84. The molecule has 8 heteroatoms. The Kier molecular flexibility index (Phi) is 5.36. The van der Waals surface area contributed by atoms with Crippen LogP contribution in [0.15, 0.2) is 41.5 Å². The fraction of sp³-hybridized carbons (Fsp3) is 0.316. The number of aliphatic hydroxyl groups is 1. The molecule has 0 aliphatic heterocycles. The average molecular weight is 372 g/mol. The Balaban J connectivity index is 2.04. The first-order chi connectivity index (χ1) is 12.9. The van der Waals surface area contributed by atoms with Gasteiger partial charge in [0.1, 0.15) is 17.9 Å². The van der Waals surface area contributed by atoms with Gasteiger partial charge in [-0.1, -0.05) is 6.92 Å². The molecule has 1 aromatic carbocycles. The normalized spacial score (nSPS) is 12.3. The van der Waals surface area contributed by atoms with Crippen molar-refractivity contribution in [3.63, 3.8) is 0 Å². The Morgan fingerprint density at radius 3 is 2.63 bits per heavy atom. The number of carbonyl (C=O) groups is 1. The van der Waals surface area contributed by atoms with Gasteiger partial charge < -0.3 is 15.0 Å². The number of amides is 1. The standard InChI is InChI=1S/C19H21FN4O3/c1-3-12(2)21-16(26)10-23-8-9-24-18(19(23)27)15(11-25)17(22-24)13-4-6-14(20)7-5-13/h4-9,12,25H,3,10-11H2,1-2H3,(H,21,26)/t12-/m1/s1. The van der Waals surface area contributed by atoms with Crippen LogP contribution in [0.3, 0.4) is 0 Å². The number of nitrogens with one attached hydrogen (secondary N) is 1. The van der Waals surface area contributed by atoms with Crippen LogP contribution < -0.4 is 10.9 Å². The molecule has 142 valence electrons. The van der Waals surface area contributed by atoms with Crippen molar-refractivity contribution in [2.75, 3.05) is 0 Å². The van der Waals surface area contributed by atoms with E-state index in [1.54, 1.807) is 6.20 Å². The van der Waals surface area contributed by atoms with E-state index < -0.39 is 12.2 Å². The highest BCUT2D eigenvalue weighted by atomic mass is 19.1. The molecule has 1 atom stereocenters. The van der Waals surface area contributed by atoms with Gasteiger partial charge in [-0.05, 0) is 37.6 Å². The second-order valence-corrected chi connectivity index (χ2v) is 6.39. The molecule has 0 saturated heterocycles. The maximum atomic E-state index is 13.2. The summed E-state index contributed by atoms with van der Waals surface area (Å²) in [7, 11) is 0. The predicted octanol–water partition coefficient (Wildman–Crippen LogP) is 1.71. The van der Waals surface area contributed by atoms with Crippen molar-refractivity contribution in [1.82, 2.24) is 19.5 Å². The molecule has 7 nitrogen and oxygen atoms in total. The Labute approximate surface area is 155 Å². The molecule has 0 aliphatic rings. The molecule has 0 spiro atoms. The zero-order chi connectivity index (χ0) is 19.6. The van der Waals surface area contributed by atoms with Gasteiger partial charge in [-0.3, -0.25) is 9.59 Å². The van der Waals surface area contributed by atoms with Crippen molar-refractivity contribution in [2.45, 2.75) is 39.5 Å². The second kappa shape index (κ2) is 7.71.